The summed E-state index contributed by atoms with van der Waals surface area (Å²) < 4.78 is 0. The lowest BCUT2D eigenvalue weighted by Gasteiger charge is -2.21. The topological polar surface area (TPSA) is 75.3 Å². The summed E-state index contributed by atoms with van der Waals surface area (Å²) in [6.07, 6.45) is 0.299. The van der Waals surface area contributed by atoms with Crippen LogP contribution in [0.4, 0.5) is 0 Å². The van der Waals surface area contributed by atoms with Crippen molar-refractivity contribution < 1.29 is 9.90 Å². The highest BCUT2D eigenvalue weighted by molar-refractivity contribution is 5.84. The van der Waals surface area contributed by atoms with Crippen LogP contribution in [-0.2, 0) is 4.79 Å². The first-order valence-electron chi connectivity index (χ1n) is 7.75. The smallest absolute Gasteiger partial charge is 0.250 e. The Hall–Kier alpha value is -1.91. The van der Waals surface area contributed by atoms with E-state index in [0.29, 0.717) is 6.42 Å². The molecule has 4 N–H and O–H groups in total. The first-order chi connectivity index (χ1) is 10.5. The molecule has 2 aromatic rings. The molecule has 0 heterocycles. The minimum absolute atomic E-state index is 0.180. The molecule has 3 atom stereocenters. The fourth-order valence-electron chi connectivity index (χ4n) is 2.54. The Bertz CT molecular complexity index is 642. The summed E-state index contributed by atoms with van der Waals surface area (Å²) >= 11 is 0. The summed E-state index contributed by atoms with van der Waals surface area (Å²) in [7, 11) is 0. The highest BCUT2D eigenvalue weighted by Gasteiger charge is 2.23. The average molecular weight is 300 g/mol. The van der Waals surface area contributed by atoms with Crippen LogP contribution < -0.4 is 11.1 Å². The zero-order valence-corrected chi connectivity index (χ0v) is 13.1. The Morgan fingerprint density at radius 3 is 2.59 bits per heavy atom. The standard InChI is InChI=1S/C18H24N2O2/c1-3-6-16(19)17(21)18(22)20-12(2)14-10-9-13-7-4-5-8-15(13)11-14/h4-5,7-12,16-17,21H,3,6,19H2,1-2H3,(H,20,22). The molecular weight excluding hydrogens is 276 g/mol. The normalized spacial score (nSPS) is 15.3. The van der Waals surface area contributed by atoms with Crippen molar-refractivity contribution in [3.05, 3.63) is 48.0 Å². The third-order valence-electron chi connectivity index (χ3n) is 3.93. The second-order valence-electron chi connectivity index (χ2n) is 5.73. The minimum atomic E-state index is -1.16. The number of nitrogens with one attached hydrogen (secondary N) is 1. The van der Waals surface area contributed by atoms with Crippen LogP contribution in [0.1, 0.15) is 38.3 Å². The van der Waals surface area contributed by atoms with Crippen LogP contribution in [0.3, 0.4) is 0 Å². The maximum absolute atomic E-state index is 12.1. The second-order valence-corrected chi connectivity index (χ2v) is 5.73. The number of amides is 1. The molecule has 0 saturated heterocycles. The lowest BCUT2D eigenvalue weighted by atomic mass is 10.0. The first kappa shape index (κ1) is 16.5. The van der Waals surface area contributed by atoms with E-state index in [1.807, 2.05) is 44.2 Å². The first-order valence-corrected chi connectivity index (χ1v) is 7.75. The van der Waals surface area contributed by atoms with E-state index in [4.69, 9.17) is 5.73 Å². The van der Waals surface area contributed by atoms with Gasteiger partial charge in [-0.3, -0.25) is 4.79 Å². The van der Waals surface area contributed by atoms with Gasteiger partial charge in [-0.25, -0.2) is 0 Å². The van der Waals surface area contributed by atoms with Crippen LogP contribution in [0.2, 0.25) is 0 Å². The zero-order chi connectivity index (χ0) is 16.1. The van der Waals surface area contributed by atoms with Gasteiger partial charge in [0.05, 0.1) is 6.04 Å². The van der Waals surface area contributed by atoms with Crippen molar-refractivity contribution in [2.75, 3.05) is 0 Å². The van der Waals surface area contributed by atoms with Gasteiger partial charge < -0.3 is 16.2 Å². The highest BCUT2D eigenvalue weighted by Crippen LogP contribution is 2.20. The van der Waals surface area contributed by atoms with Gasteiger partial charge in [0.2, 0.25) is 0 Å². The number of rotatable bonds is 6. The van der Waals surface area contributed by atoms with Gasteiger partial charge in [-0.2, -0.15) is 0 Å². The van der Waals surface area contributed by atoms with Crippen LogP contribution in [0, 0.1) is 0 Å². The van der Waals surface area contributed by atoms with E-state index in [-0.39, 0.29) is 6.04 Å². The van der Waals surface area contributed by atoms with Crippen LogP contribution in [-0.4, -0.2) is 23.2 Å². The lowest BCUT2D eigenvalue weighted by molar-refractivity contribution is -0.131. The monoisotopic (exact) mass is 300 g/mol. The van der Waals surface area contributed by atoms with Crippen molar-refractivity contribution in [2.45, 2.75) is 44.9 Å². The number of hydrogen-bond donors (Lipinski definition) is 3. The Balaban J connectivity index is 2.06. The van der Waals surface area contributed by atoms with Gasteiger partial charge in [-0.1, -0.05) is 49.7 Å². The Labute approximate surface area is 131 Å². The van der Waals surface area contributed by atoms with Crippen molar-refractivity contribution in [2.24, 2.45) is 5.73 Å². The number of fused-ring (bicyclic) bond motifs is 1. The third kappa shape index (κ3) is 3.84. The molecule has 0 spiro atoms. The average Bonchev–Trinajstić information content (AvgIpc) is 2.53. The molecule has 2 rings (SSSR count). The highest BCUT2D eigenvalue weighted by atomic mass is 16.3. The molecule has 2 aromatic carbocycles. The van der Waals surface area contributed by atoms with Gasteiger partial charge in [0.25, 0.3) is 5.91 Å². The lowest BCUT2D eigenvalue weighted by Crippen LogP contribution is -2.46. The molecule has 4 heteroatoms. The predicted molar refractivity (Wildman–Crippen MR) is 89.4 cm³/mol. The van der Waals surface area contributed by atoms with Crippen molar-refractivity contribution >= 4 is 16.7 Å². The van der Waals surface area contributed by atoms with Crippen molar-refractivity contribution in [3.63, 3.8) is 0 Å². The summed E-state index contributed by atoms with van der Waals surface area (Å²) in [5.74, 6) is -0.415. The fourth-order valence-corrected chi connectivity index (χ4v) is 2.54. The quantitative estimate of drug-likeness (QED) is 0.767. The molecule has 0 radical (unpaired) electrons. The minimum Gasteiger partial charge on any atom is -0.382 e. The Kier molecular flexibility index (Phi) is 5.52. The van der Waals surface area contributed by atoms with E-state index in [9.17, 15) is 9.90 Å². The summed E-state index contributed by atoms with van der Waals surface area (Å²) in [4.78, 5) is 12.1. The predicted octanol–water partition coefficient (Wildman–Crippen LogP) is 2.51. The number of carbonyl (C=O) groups excluding carboxylic acids is 1. The van der Waals surface area contributed by atoms with Gasteiger partial charge >= 0.3 is 0 Å². The summed E-state index contributed by atoms with van der Waals surface area (Å²) in [6.45, 7) is 3.88. The molecule has 3 unspecified atom stereocenters. The van der Waals surface area contributed by atoms with Crippen LogP contribution in [0.25, 0.3) is 10.8 Å². The molecule has 0 saturated carbocycles. The maximum atomic E-state index is 12.1. The SMILES string of the molecule is CCCC(N)C(O)C(=O)NC(C)c1ccc2ccccc2c1. The van der Waals surface area contributed by atoms with Crippen molar-refractivity contribution in [3.8, 4) is 0 Å². The molecule has 0 aliphatic heterocycles. The van der Waals surface area contributed by atoms with E-state index >= 15 is 0 Å². The second kappa shape index (κ2) is 7.38. The van der Waals surface area contributed by atoms with Crippen LogP contribution in [0.5, 0.6) is 0 Å². The van der Waals surface area contributed by atoms with Crippen molar-refractivity contribution in [1.82, 2.24) is 5.32 Å². The molecule has 1 amide bonds. The number of hydrogen-bond acceptors (Lipinski definition) is 3. The molecule has 0 bridgehead atoms. The molecule has 0 aromatic heterocycles. The number of benzene rings is 2. The molecule has 0 fully saturated rings. The van der Waals surface area contributed by atoms with Gasteiger partial charge in [-0.15, -0.1) is 0 Å². The molecular formula is C18H24N2O2. The van der Waals surface area contributed by atoms with E-state index in [2.05, 4.69) is 17.4 Å². The van der Waals surface area contributed by atoms with Gasteiger partial charge in [-0.05, 0) is 35.7 Å². The number of aliphatic hydroxyl groups excluding tert-OH is 1. The van der Waals surface area contributed by atoms with E-state index in [0.717, 1.165) is 22.8 Å². The molecule has 22 heavy (non-hydrogen) atoms. The van der Waals surface area contributed by atoms with Crippen molar-refractivity contribution in [1.29, 1.82) is 0 Å². The Morgan fingerprint density at radius 2 is 1.91 bits per heavy atom. The summed E-state index contributed by atoms with van der Waals surface area (Å²) in [5, 5.41) is 15.1. The number of nitrogens with two attached hydrogens (primary N) is 1. The molecule has 118 valence electrons. The molecule has 0 aliphatic carbocycles. The van der Waals surface area contributed by atoms with Crippen LogP contribution >= 0.6 is 0 Å². The van der Waals surface area contributed by atoms with Gasteiger partial charge in [0.15, 0.2) is 0 Å². The summed E-state index contributed by atoms with van der Waals surface area (Å²) in [5.41, 5.74) is 6.81. The van der Waals surface area contributed by atoms with E-state index in [1.54, 1.807) is 0 Å². The molecule has 4 nitrogen and oxygen atoms in total. The third-order valence-corrected chi connectivity index (χ3v) is 3.93. The zero-order valence-electron chi connectivity index (χ0n) is 13.1. The summed E-state index contributed by atoms with van der Waals surface area (Å²) in [6, 6.07) is 13.5. The molecule has 0 aliphatic rings. The largest absolute Gasteiger partial charge is 0.382 e. The number of aliphatic hydroxyl groups is 1. The van der Waals surface area contributed by atoms with E-state index in [1.165, 1.54) is 0 Å². The van der Waals surface area contributed by atoms with Gasteiger partial charge in [0.1, 0.15) is 6.10 Å². The number of carbonyl (C=O) groups is 1. The van der Waals surface area contributed by atoms with Crippen LogP contribution in [0.15, 0.2) is 42.5 Å². The maximum Gasteiger partial charge on any atom is 0.250 e. The fraction of sp³-hybridized carbons (Fsp3) is 0.389. The van der Waals surface area contributed by atoms with Gasteiger partial charge in [0, 0.05) is 6.04 Å². The Morgan fingerprint density at radius 1 is 1.23 bits per heavy atom. The van der Waals surface area contributed by atoms with E-state index < -0.39 is 18.1 Å².